The minimum absolute atomic E-state index is 0.0164. The fourth-order valence-corrected chi connectivity index (χ4v) is 4.21. The second kappa shape index (κ2) is 4.62. The van der Waals surface area contributed by atoms with Gasteiger partial charge < -0.3 is 15.3 Å². The Bertz CT molecular complexity index is 348. The summed E-state index contributed by atoms with van der Waals surface area (Å²) in [6.45, 7) is 6.62. The lowest BCUT2D eigenvalue weighted by Gasteiger charge is -2.58. The van der Waals surface area contributed by atoms with E-state index in [1.807, 2.05) is 0 Å². The third-order valence-corrected chi connectivity index (χ3v) is 5.70. The van der Waals surface area contributed by atoms with Crippen LogP contribution in [0.3, 0.4) is 0 Å². The Labute approximate surface area is 110 Å². The van der Waals surface area contributed by atoms with Crippen molar-refractivity contribution in [2.75, 3.05) is 6.61 Å². The first-order chi connectivity index (χ1) is 8.34. The van der Waals surface area contributed by atoms with E-state index < -0.39 is 12.2 Å². The van der Waals surface area contributed by atoms with E-state index in [0.717, 1.165) is 24.8 Å². The fraction of sp³-hybridized carbons (Fsp3) is 0.867. The smallest absolute Gasteiger partial charge is 0.0830 e. The Morgan fingerprint density at radius 3 is 2.50 bits per heavy atom. The van der Waals surface area contributed by atoms with Gasteiger partial charge >= 0.3 is 0 Å². The molecule has 1 saturated carbocycles. The average Bonchev–Trinajstić information content (AvgIpc) is 2.34. The van der Waals surface area contributed by atoms with Gasteiger partial charge in [-0.05, 0) is 48.0 Å². The molecule has 4 unspecified atom stereocenters. The summed E-state index contributed by atoms with van der Waals surface area (Å²) in [5.74, 6) is 0.0905. The van der Waals surface area contributed by atoms with E-state index in [-0.39, 0.29) is 23.4 Å². The maximum atomic E-state index is 10.2. The van der Waals surface area contributed by atoms with Crippen molar-refractivity contribution in [3.63, 3.8) is 0 Å². The molecular weight excluding hydrogens is 228 g/mol. The molecule has 2 aliphatic rings. The van der Waals surface area contributed by atoms with Crippen molar-refractivity contribution in [1.29, 1.82) is 0 Å². The molecule has 0 aromatic heterocycles. The zero-order chi connectivity index (χ0) is 13.6. The molecule has 3 heteroatoms. The van der Waals surface area contributed by atoms with E-state index in [2.05, 4.69) is 26.8 Å². The maximum absolute atomic E-state index is 10.2. The normalized spacial score (nSPS) is 43.9. The molecule has 2 aliphatic carbocycles. The average molecular weight is 254 g/mol. The number of aliphatic hydroxyl groups excluding tert-OH is 3. The molecule has 4 atom stereocenters. The zero-order valence-electron chi connectivity index (χ0n) is 11.7. The van der Waals surface area contributed by atoms with E-state index in [0.29, 0.717) is 6.42 Å². The molecule has 0 aromatic carbocycles. The molecule has 1 spiro atoms. The molecular formula is C15H26O3. The van der Waals surface area contributed by atoms with Gasteiger partial charge in [0.25, 0.3) is 0 Å². The molecule has 0 saturated heterocycles. The van der Waals surface area contributed by atoms with Crippen molar-refractivity contribution >= 4 is 0 Å². The summed E-state index contributed by atoms with van der Waals surface area (Å²) in [6.07, 6.45) is 4.38. The van der Waals surface area contributed by atoms with Crippen molar-refractivity contribution in [3.8, 4) is 0 Å². The van der Waals surface area contributed by atoms with Crippen LogP contribution in [0, 0.1) is 16.7 Å². The van der Waals surface area contributed by atoms with Gasteiger partial charge in [0.2, 0.25) is 0 Å². The molecule has 104 valence electrons. The van der Waals surface area contributed by atoms with Gasteiger partial charge in [-0.1, -0.05) is 26.8 Å². The van der Waals surface area contributed by atoms with Crippen molar-refractivity contribution in [3.05, 3.63) is 11.6 Å². The van der Waals surface area contributed by atoms with Crippen molar-refractivity contribution in [1.82, 2.24) is 0 Å². The van der Waals surface area contributed by atoms with Gasteiger partial charge in [0.15, 0.2) is 0 Å². The summed E-state index contributed by atoms with van der Waals surface area (Å²) < 4.78 is 0. The van der Waals surface area contributed by atoms with Crippen LogP contribution in [-0.2, 0) is 0 Å². The molecule has 0 heterocycles. The summed E-state index contributed by atoms with van der Waals surface area (Å²) in [7, 11) is 0. The van der Waals surface area contributed by atoms with Gasteiger partial charge in [-0.15, -0.1) is 0 Å². The number of allylic oxidation sites excluding steroid dienone is 1. The summed E-state index contributed by atoms with van der Waals surface area (Å²) in [5.41, 5.74) is 1.18. The number of hydrogen-bond donors (Lipinski definition) is 3. The van der Waals surface area contributed by atoms with Crippen molar-refractivity contribution < 1.29 is 15.3 Å². The monoisotopic (exact) mass is 254 g/mol. The minimum atomic E-state index is -0.623. The Morgan fingerprint density at radius 2 is 2.00 bits per heavy atom. The van der Waals surface area contributed by atoms with Crippen LogP contribution in [0.4, 0.5) is 0 Å². The summed E-state index contributed by atoms with van der Waals surface area (Å²) in [6, 6.07) is 0. The lowest BCUT2D eigenvalue weighted by atomic mass is 9.48. The molecule has 0 bridgehead atoms. The fourth-order valence-electron chi connectivity index (χ4n) is 4.21. The highest BCUT2D eigenvalue weighted by Crippen LogP contribution is 2.59. The van der Waals surface area contributed by atoms with Gasteiger partial charge in [0.05, 0.1) is 18.8 Å². The molecule has 0 aromatic rings. The maximum Gasteiger partial charge on any atom is 0.0830 e. The Kier molecular flexibility index (Phi) is 3.60. The van der Waals surface area contributed by atoms with E-state index in [1.165, 1.54) is 0 Å². The zero-order valence-corrected chi connectivity index (χ0v) is 11.7. The second-order valence-electron chi connectivity index (χ2n) is 6.82. The first-order valence-electron chi connectivity index (χ1n) is 6.99. The minimum Gasteiger partial charge on any atom is -0.392 e. The van der Waals surface area contributed by atoms with Gasteiger partial charge in [0, 0.05) is 0 Å². The van der Waals surface area contributed by atoms with Crippen LogP contribution < -0.4 is 0 Å². The van der Waals surface area contributed by atoms with Crippen LogP contribution in [0.15, 0.2) is 11.6 Å². The van der Waals surface area contributed by atoms with E-state index >= 15 is 0 Å². The SMILES string of the molecule is CC1C(O)C(O)CC(C)(C)C12CC=C(CO)CC2. The molecule has 0 amide bonds. The second-order valence-corrected chi connectivity index (χ2v) is 6.82. The van der Waals surface area contributed by atoms with Crippen molar-refractivity contribution in [2.24, 2.45) is 16.7 Å². The molecule has 0 radical (unpaired) electrons. The highest BCUT2D eigenvalue weighted by Gasteiger charge is 2.56. The first kappa shape index (κ1) is 14.0. The number of hydrogen-bond acceptors (Lipinski definition) is 3. The van der Waals surface area contributed by atoms with E-state index in [4.69, 9.17) is 0 Å². The van der Waals surface area contributed by atoms with Crippen LogP contribution in [0.1, 0.15) is 46.5 Å². The predicted octanol–water partition coefficient (Wildman–Crippen LogP) is 1.86. The first-order valence-corrected chi connectivity index (χ1v) is 6.99. The number of aliphatic hydroxyl groups is 3. The lowest BCUT2D eigenvalue weighted by molar-refractivity contribution is -0.163. The van der Waals surface area contributed by atoms with Crippen LogP contribution in [0.25, 0.3) is 0 Å². The third kappa shape index (κ3) is 1.93. The lowest BCUT2D eigenvalue weighted by Crippen LogP contribution is -2.57. The Balaban J connectivity index is 2.32. The van der Waals surface area contributed by atoms with Crippen molar-refractivity contribution in [2.45, 2.75) is 58.7 Å². The Morgan fingerprint density at radius 1 is 1.33 bits per heavy atom. The van der Waals surface area contributed by atoms with Gasteiger partial charge in [-0.2, -0.15) is 0 Å². The van der Waals surface area contributed by atoms with Gasteiger partial charge in [-0.25, -0.2) is 0 Å². The molecule has 18 heavy (non-hydrogen) atoms. The third-order valence-electron chi connectivity index (χ3n) is 5.70. The van der Waals surface area contributed by atoms with Gasteiger partial charge in [0.1, 0.15) is 0 Å². The quantitative estimate of drug-likeness (QED) is 0.626. The molecule has 0 aliphatic heterocycles. The van der Waals surface area contributed by atoms with E-state index in [1.54, 1.807) is 0 Å². The summed E-state index contributed by atoms with van der Waals surface area (Å²) in [5, 5.41) is 29.4. The number of rotatable bonds is 1. The predicted molar refractivity (Wildman–Crippen MR) is 71.0 cm³/mol. The van der Waals surface area contributed by atoms with Crippen LogP contribution in [-0.4, -0.2) is 34.1 Å². The van der Waals surface area contributed by atoms with Crippen LogP contribution in [0.5, 0.6) is 0 Å². The summed E-state index contributed by atoms with van der Waals surface area (Å²) >= 11 is 0. The topological polar surface area (TPSA) is 60.7 Å². The van der Waals surface area contributed by atoms with Gasteiger partial charge in [-0.3, -0.25) is 0 Å². The largest absolute Gasteiger partial charge is 0.392 e. The highest BCUT2D eigenvalue weighted by atomic mass is 16.3. The molecule has 3 nitrogen and oxygen atoms in total. The van der Waals surface area contributed by atoms with Crippen LogP contribution >= 0.6 is 0 Å². The molecule has 2 rings (SSSR count). The van der Waals surface area contributed by atoms with Crippen LogP contribution in [0.2, 0.25) is 0 Å². The molecule has 1 fully saturated rings. The summed E-state index contributed by atoms with van der Waals surface area (Å²) in [4.78, 5) is 0. The highest BCUT2D eigenvalue weighted by molar-refractivity contribution is 5.16. The Hall–Kier alpha value is -0.380. The van der Waals surface area contributed by atoms with E-state index in [9.17, 15) is 15.3 Å². The standard InChI is InChI=1S/C15H26O3/c1-10-13(18)12(17)8-14(2,3)15(10)6-4-11(9-16)5-7-15/h4,10,12-13,16-18H,5-9H2,1-3H3. The molecule has 3 N–H and O–H groups in total.